The lowest BCUT2D eigenvalue weighted by Gasteiger charge is -2.34. The van der Waals surface area contributed by atoms with Crippen molar-refractivity contribution in [2.24, 2.45) is 22.4 Å². The zero-order chi connectivity index (χ0) is 34.1. The highest BCUT2D eigenvalue weighted by molar-refractivity contribution is 6.31. The molecule has 3 unspecified atom stereocenters. The van der Waals surface area contributed by atoms with Crippen molar-refractivity contribution in [3.8, 4) is 16.9 Å². The number of benzene rings is 2. The molecule has 2 heterocycles. The summed E-state index contributed by atoms with van der Waals surface area (Å²) in [7, 11) is 0. The first-order valence-electron chi connectivity index (χ1n) is 16.6. The van der Waals surface area contributed by atoms with Crippen molar-refractivity contribution in [3.05, 3.63) is 81.1 Å². The predicted molar refractivity (Wildman–Crippen MR) is 191 cm³/mol. The van der Waals surface area contributed by atoms with Gasteiger partial charge in [-0.1, -0.05) is 44.0 Å². The van der Waals surface area contributed by atoms with Gasteiger partial charge < -0.3 is 21.6 Å². The van der Waals surface area contributed by atoms with Crippen molar-refractivity contribution in [1.82, 2.24) is 19.4 Å². The summed E-state index contributed by atoms with van der Waals surface area (Å²) in [5.74, 6) is 0.184. The Morgan fingerprint density at radius 1 is 1.17 bits per heavy atom. The van der Waals surface area contributed by atoms with Crippen LogP contribution in [0.3, 0.4) is 0 Å². The van der Waals surface area contributed by atoms with Crippen LogP contribution in [0.25, 0.3) is 28.0 Å². The second-order valence-electron chi connectivity index (χ2n) is 12.7. The topological polar surface area (TPSA) is 139 Å². The number of aromatic amines is 1. The summed E-state index contributed by atoms with van der Waals surface area (Å²) in [6.07, 6.45) is 6.99. The van der Waals surface area contributed by atoms with E-state index in [1.807, 2.05) is 26.0 Å². The highest BCUT2D eigenvalue weighted by atomic mass is 35.5. The number of rotatable bonds is 17. The molecule has 0 spiro atoms. The van der Waals surface area contributed by atoms with Crippen LogP contribution in [-0.4, -0.2) is 62.7 Å². The van der Waals surface area contributed by atoms with E-state index >= 15 is 4.39 Å². The van der Waals surface area contributed by atoms with Gasteiger partial charge in [-0.05, 0) is 93.3 Å². The maximum Gasteiger partial charge on any atom is 0.354 e. The summed E-state index contributed by atoms with van der Waals surface area (Å²) in [4.78, 5) is 27.3. The molecule has 11 heteroatoms. The van der Waals surface area contributed by atoms with Crippen molar-refractivity contribution in [2.75, 3.05) is 26.2 Å². The molecule has 4 rings (SSSR count). The van der Waals surface area contributed by atoms with Crippen LogP contribution in [0.1, 0.15) is 77.0 Å². The first-order chi connectivity index (χ1) is 22.5. The standard InChI is InChI=1S/C36H49ClFN7O2/c1-5-8-33(44(20-23(2)22-46)16-7-15-41-25(4)40)27-11-13-29(14-12-27)45-21-28-19-32(42-35(28)43-36(45)47)30-17-26(10-6-9-24(3)39)18-31(37)34(30)38/h11-14,17-19,21,23-24,33,46H,5-10,15-16,20,22,39H2,1-4H3,(H2,40,41)(H,42,43,47). The molecule has 0 bridgehead atoms. The highest BCUT2D eigenvalue weighted by Gasteiger charge is 2.22. The van der Waals surface area contributed by atoms with E-state index in [1.54, 1.807) is 31.3 Å². The largest absolute Gasteiger partial charge is 0.396 e. The Kier molecular flexibility index (Phi) is 13.1. The highest BCUT2D eigenvalue weighted by Crippen LogP contribution is 2.32. The van der Waals surface area contributed by atoms with E-state index in [-0.39, 0.29) is 29.6 Å². The van der Waals surface area contributed by atoms with E-state index < -0.39 is 11.5 Å². The van der Waals surface area contributed by atoms with Crippen LogP contribution in [0.2, 0.25) is 5.02 Å². The Balaban J connectivity index is 1.61. The number of halogens is 2. The molecule has 0 aliphatic carbocycles. The molecule has 6 N–H and O–H groups in total. The molecule has 4 aromatic rings. The van der Waals surface area contributed by atoms with E-state index in [1.165, 1.54) is 4.57 Å². The van der Waals surface area contributed by atoms with Crippen molar-refractivity contribution < 1.29 is 9.50 Å². The molecule has 0 saturated carbocycles. The quantitative estimate of drug-likeness (QED) is 0.0586. The number of aromatic nitrogens is 3. The molecule has 0 fully saturated rings. The number of fused-ring (bicyclic) bond motifs is 1. The number of nitrogens with one attached hydrogen (secondary N) is 1. The van der Waals surface area contributed by atoms with Gasteiger partial charge in [0.05, 0.1) is 22.2 Å². The van der Waals surface area contributed by atoms with Gasteiger partial charge in [0.2, 0.25) is 0 Å². The van der Waals surface area contributed by atoms with Crippen molar-refractivity contribution >= 4 is 28.5 Å². The Labute approximate surface area is 281 Å². The van der Waals surface area contributed by atoms with Crippen LogP contribution in [0.5, 0.6) is 0 Å². The average Bonchev–Trinajstić information content (AvgIpc) is 3.45. The molecule has 0 radical (unpaired) electrons. The second kappa shape index (κ2) is 17.0. The summed E-state index contributed by atoms with van der Waals surface area (Å²) in [6.45, 7) is 10.3. The molecular weight excluding hydrogens is 617 g/mol. The molecule has 0 aliphatic heterocycles. The molecule has 47 heavy (non-hydrogen) atoms. The normalized spacial score (nSPS) is 14.2. The van der Waals surface area contributed by atoms with Crippen LogP contribution in [0.4, 0.5) is 4.39 Å². The third-order valence-corrected chi connectivity index (χ3v) is 8.67. The number of H-pyrrole nitrogens is 1. The van der Waals surface area contributed by atoms with Crippen molar-refractivity contribution in [3.63, 3.8) is 0 Å². The monoisotopic (exact) mass is 665 g/mol. The van der Waals surface area contributed by atoms with Gasteiger partial charge in [0.15, 0.2) is 5.82 Å². The number of hydrogen-bond acceptors (Lipinski definition) is 6. The second-order valence-corrected chi connectivity index (χ2v) is 13.2. The van der Waals surface area contributed by atoms with E-state index in [0.717, 1.165) is 62.7 Å². The van der Waals surface area contributed by atoms with Crippen LogP contribution < -0.4 is 17.2 Å². The molecule has 9 nitrogen and oxygen atoms in total. The fourth-order valence-electron chi connectivity index (χ4n) is 5.99. The summed E-state index contributed by atoms with van der Waals surface area (Å²) in [6, 6.07) is 13.5. The minimum Gasteiger partial charge on any atom is -0.396 e. The summed E-state index contributed by atoms with van der Waals surface area (Å²) in [5.41, 5.74) is 15.1. The van der Waals surface area contributed by atoms with Crippen LogP contribution >= 0.6 is 11.6 Å². The van der Waals surface area contributed by atoms with Gasteiger partial charge in [-0.15, -0.1) is 0 Å². The third kappa shape index (κ3) is 9.73. The Bertz CT molecular complexity index is 1700. The Morgan fingerprint density at radius 2 is 1.91 bits per heavy atom. The number of amidine groups is 1. The molecule has 3 atom stereocenters. The minimum atomic E-state index is -0.522. The van der Waals surface area contributed by atoms with E-state index in [2.05, 4.69) is 38.9 Å². The summed E-state index contributed by atoms with van der Waals surface area (Å²) < 4.78 is 16.7. The first kappa shape index (κ1) is 36.3. The van der Waals surface area contributed by atoms with E-state index in [4.69, 9.17) is 23.1 Å². The maximum atomic E-state index is 15.2. The molecule has 0 amide bonds. The van der Waals surface area contributed by atoms with E-state index in [0.29, 0.717) is 40.4 Å². The molecular formula is C36H49ClFN7O2. The predicted octanol–water partition coefficient (Wildman–Crippen LogP) is 6.38. The smallest absolute Gasteiger partial charge is 0.354 e. The first-order valence-corrected chi connectivity index (χ1v) is 17.0. The van der Waals surface area contributed by atoms with Gasteiger partial charge >= 0.3 is 5.69 Å². The van der Waals surface area contributed by atoms with Crippen LogP contribution in [0.15, 0.2) is 58.4 Å². The lowest BCUT2D eigenvalue weighted by Crippen LogP contribution is -2.35. The van der Waals surface area contributed by atoms with Crippen LogP contribution in [0, 0.1) is 11.7 Å². The van der Waals surface area contributed by atoms with Crippen molar-refractivity contribution in [1.29, 1.82) is 0 Å². The number of aliphatic hydroxyl groups is 1. The fourth-order valence-corrected chi connectivity index (χ4v) is 6.23. The average molecular weight is 666 g/mol. The maximum absolute atomic E-state index is 15.2. The fraction of sp³-hybridized carbons (Fsp3) is 0.472. The van der Waals surface area contributed by atoms with Gasteiger partial charge in [-0.25, -0.2) is 9.18 Å². The number of hydrogen-bond donors (Lipinski definition) is 4. The minimum absolute atomic E-state index is 0.0505. The molecule has 2 aromatic carbocycles. The number of aliphatic imine (C=N–C) groups is 1. The lowest BCUT2D eigenvalue weighted by atomic mass is 9.98. The molecule has 254 valence electrons. The van der Waals surface area contributed by atoms with Gasteiger partial charge in [0, 0.05) is 55.5 Å². The Hall–Kier alpha value is -3.57. The SMILES string of the molecule is CCCC(c1ccc(-n2cc3cc(-c4cc(CCCC(C)N)cc(Cl)c4F)[nH]c3nc2=O)cc1)N(CCCN=C(C)N)CC(C)CO. The van der Waals surface area contributed by atoms with Gasteiger partial charge in [0.1, 0.15) is 5.65 Å². The number of aliphatic hydroxyl groups excluding tert-OH is 1. The third-order valence-electron chi connectivity index (χ3n) is 8.39. The zero-order valence-corrected chi connectivity index (χ0v) is 28.7. The zero-order valence-electron chi connectivity index (χ0n) is 28.0. The van der Waals surface area contributed by atoms with Gasteiger partial charge in [-0.3, -0.25) is 14.5 Å². The van der Waals surface area contributed by atoms with Gasteiger partial charge in [-0.2, -0.15) is 4.98 Å². The lowest BCUT2D eigenvalue weighted by molar-refractivity contribution is 0.129. The number of nitrogens with two attached hydrogens (primary N) is 2. The molecule has 0 saturated heterocycles. The summed E-state index contributed by atoms with van der Waals surface area (Å²) >= 11 is 6.28. The summed E-state index contributed by atoms with van der Waals surface area (Å²) in [5, 5.41) is 10.5. The number of nitrogens with zero attached hydrogens (tertiary/aromatic N) is 4. The van der Waals surface area contributed by atoms with Crippen molar-refractivity contribution in [2.45, 2.75) is 78.3 Å². The number of aryl methyl sites for hydroxylation is 1. The Morgan fingerprint density at radius 3 is 2.57 bits per heavy atom. The van der Waals surface area contributed by atoms with Gasteiger partial charge in [0.25, 0.3) is 0 Å². The van der Waals surface area contributed by atoms with E-state index in [9.17, 15) is 9.90 Å². The molecule has 2 aromatic heterocycles. The molecule has 0 aliphatic rings. The van der Waals surface area contributed by atoms with Crippen LogP contribution in [-0.2, 0) is 6.42 Å².